The Hall–Kier alpha value is -2.74. The number of H-pyrrole nitrogens is 1. The molecule has 2 aromatic heterocycles. The Bertz CT molecular complexity index is 1040. The zero-order valence-electron chi connectivity index (χ0n) is 14.4. The van der Waals surface area contributed by atoms with Gasteiger partial charge in [-0.3, -0.25) is 14.9 Å². The van der Waals surface area contributed by atoms with E-state index in [4.69, 9.17) is 0 Å². The smallest absolute Gasteiger partial charge is 0.270 e. The van der Waals surface area contributed by atoms with Crippen molar-refractivity contribution in [2.24, 2.45) is 0 Å². The van der Waals surface area contributed by atoms with Crippen molar-refractivity contribution in [1.82, 2.24) is 14.9 Å². The molecule has 2 aliphatic rings. The van der Waals surface area contributed by atoms with Crippen molar-refractivity contribution >= 4 is 39.2 Å². The first-order chi connectivity index (χ1) is 13.0. The first-order valence-electron chi connectivity index (χ1n) is 8.88. The van der Waals surface area contributed by atoms with Crippen molar-refractivity contribution in [3.8, 4) is 0 Å². The number of nitrogens with zero attached hydrogens (tertiary/aromatic N) is 2. The summed E-state index contributed by atoms with van der Waals surface area (Å²) in [7, 11) is 0. The normalized spacial score (nSPS) is 17.6. The molecule has 1 aliphatic carbocycles. The van der Waals surface area contributed by atoms with Crippen LogP contribution in [0.1, 0.15) is 33.9 Å². The number of alkyl halides is 1. The van der Waals surface area contributed by atoms with E-state index in [0.717, 1.165) is 21.5 Å². The molecule has 1 aliphatic heterocycles. The van der Waals surface area contributed by atoms with Gasteiger partial charge in [0, 0.05) is 28.7 Å². The summed E-state index contributed by atoms with van der Waals surface area (Å²) in [5.41, 5.74) is 0.649. The van der Waals surface area contributed by atoms with E-state index in [1.165, 1.54) is 11.3 Å². The first kappa shape index (κ1) is 16.4. The Morgan fingerprint density at radius 1 is 1.30 bits per heavy atom. The van der Waals surface area contributed by atoms with E-state index in [9.17, 15) is 14.0 Å². The molecule has 0 radical (unpaired) electrons. The van der Waals surface area contributed by atoms with Crippen LogP contribution in [0.15, 0.2) is 30.3 Å². The molecule has 0 unspecified atom stereocenters. The lowest BCUT2D eigenvalue weighted by molar-refractivity contribution is -0.122. The third-order valence-corrected chi connectivity index (χ3v) is 6.09. The fourth-order valence-electron chi connectivity index (χ4n) is 3.33. The number of nitrogens with one attached hydrogen (secondary N) is 2. The Labute approximate surface area is 158 Å². The van der Waals surface area contributed by atoms with E-state index in [-0.39, 0.29) is 18.7 Å². The van der Waals surface area contributed by atoms with E-state index in [1.807, 2.05) is 30.3 Å². The van der Waals surface area contributed by atoms with Gasteiger partial charge in [0.05, 0.1) is 12.2 Å². The third-order valence-electron chi connectivity index (χ3n) is 5.10. The molecule has 138 valence electrons. The molecule has 3 heterocycles. The highest BCUT2D eigenvalue weighted by Crippen LogP contribution is 2.41. The number of halogens is 1. The minimum atomic E-state index is -1.72. The SMILES string of the molecule is O=C(c1cc2ccccc2[nH]1)N1CCc2nc(NC(=O)C3(F)CC3)sc2C1. The second-order valence-corrected chi connectivity index (χ2v) is 8.14. The van der Waals surface area contributed by atoms with Crippen LogP contribution in [0.2, 0.25) is 0 Å². The van der Waals surface area contributed by atoms with Gasteiger partial charge in [-0.25, -0.2) is 9.37 Å². The van der Waals surface area contributed by atoms with Gasteiger partial charge in [-0.15, -0.1) is 0 Å². The Kier molecular flexibility index (Phi) is 3.58. The number of carbonyl (C=O) groups is 2. The molecule has 6 nitrogen and oxygen atoms in total. The number of carbonyl (C=O) groups excluding carboxylic acids is 2. The van der Waals surface area contributed by atoms with Crippen molar-refractivity contribution < 1.29 is 14.0 Å². The highest BCUT2D eigenvalue weighted by molar-refractivity contribution is 7.15. The Morgan fingerprint density at radius 2 is 2.11 bits per heavy atom. The van der Waals surface area contributed by atoms with Gasteiger partial charge >= 0.3 is 0 Å². The van der Waals surface area contributed by atoms with Crippen LogP contribution in [0.4, 0.5) is 9.52 Å². The molecule has 0 saturated heterocycles. The van der Waals surface area contributed by atoms with Crippen molar-refractivity contribution in [3.63, 3.8) is 0 Å². The van der Waals surface area contributed by atoms with Crippen LogP contribution in [-0.4, -0.2) is 38.9 Å². The van der Waals surface area contributed by atoms with E-state index in [1.54, 1.807) is 4.90 Å². The maximum absolute atomic E-state index is 13.8. The lowest BCUT2D eigenvalue weighted by atomic mass is 10.1. The molecule has 0 spiro atoms. The minimum Gasteiger partial charge on any atom is -0.351 e. The van der Waals surface area contributed by atoms with Gasteiger partial charge in [0.25, 0.3) is 11.8 Å². The number of rotatable bonds is 3. The molecule has 8 heteroatoms. The zero-order chi connectivity index (χ0) is 18.6. The summed E-state index contributed by atoms with van der Waals surface area (Å²) in [4.78, 5) is 35.0. The van der Waals surface area contributed by atoms with Crippen LogP contribution >= 0.6 is 11.3 Å². The van der Waals surface area contributed by atoms with Crippen LogP contribution < -0.4 is 5.32 Å². The molecule has 1 saturated carbocycles. The summed E-state index contributed by atoms with van der Waals surface area (Å²) >= 11 is 1.32. The van der Waals surface area contributed by atoms with Crippen LogP contribution in [-0.2, 0) is 17.8 Å². The average Bonchev–Trinajstić information content (AvgIpc) is 3.12. The molecule has 3 aromatic rings. The van der Waals surface area contributed by atoms with Gasteiger partial charge in [-0.2, -0.15) is 0 Å². The molecule has 0 bridgehead atoms. The number of anilines is 1. The summed E-state index contributed by atoms with van der Waals surface area (Å²) in [5, 5.41) is 3.99. The number of amides is 2. The maximum atomic E-state index is 13.8. The summed E-state index contributed by atoms with van der Waals surface area (Å²) in [6.45, 7) is 1.00. The van der Waals surface area contributed by atoms with Gasteiger partial charge < -0.3 is 9.88 Å². The lowest BCUT2D eigenvalue weighted by Gasteiger charge is -2.25. The summed E-state index contributed by atoms with van der Waals surface area (Å²) in [6, 6.07) is 9.63. The second kappa shape index (κ2) is 5.88. The van der Waals surface area contributed by atoms with E-state index in [0.29, 0.717) is 30.3 Å². The fourth-order valence-corrected chi connectivity index (χ4v) is 4.35. The number of benzene rings is 1. The fraction of sp³-hybridized carbons (Fsp3) is 0.316. The molecule has 5 rings (SSSR count). The summed E-state index contributed by atoms with van der Waals surface area (Å²) < 4.78 is 13.8. The quantitative estimate of drug-likeness (QED) is 0.728. The summed E-state index contributed by atoms with van der Waals surface area (Å²) in [5.74, 6) is -0.670. The second-order valence-electron chi connectivity index (χ2n) is 7.06. The highest BCUT2D eigenvalue weighted by atomic mass is 32.1. The number of fused-ring (bicyclic) bond motifs is 2. The highest BCUT2D eigenvalue weighted by Gasteiger charge is 2.51. The van der Waals surface area contributed by atoms with Gasteiger partial charge in [-0.05, 0) is 25.0 Å². The summed E-state index contributed by atoms with van der Waals surface area (Å²) in [6.07, 6.45) is 1.17. The number of aromatic nitrogens is 2. The van der Waals surface area contributed by atoms with Gasteiger partial charge in [-0.1, -0.05) is 29.5 Å². The number of para-hydroxylation sites is 1. The first-order valence-corrected chi connectivity index (χ1v) is 9.69. The molecule has 2 N–H and O–H groups in total. The van der Waals surface area contributed by atoms with Gasteiger partial charge in [0.15, 0.2) is 10.8 Å². The van der Waals surface area contributed by atoms with Crippen LogP contribution in [0.5, 0.6) is 0 Å². The lowest BCUT2D eigenvalue weighted by Crippen LogP contribution is -2.35. The molecule has 0 atom stereocenters. The number of hydrogen-bond donors (Lipinski definition) is 2. The number of aromatic amines is 1. The molecule has 1 aromatic carbocycles. The largest absolute Gasteiger partial charge is 0.351 e. The van der Waals surface area contributed by atoms with Crippen LogP contribution in [0.25, 0.3) is 10.9 Å². The van der Waals surface area contributed by atoms with Gasteiger partial charge in [0.2, 0.25) is 0 Å². The van der Waals surface area contributed by atoms with E-state index >= 15 is 0 Å². The number of thiazole rings is 1. The Balaban J connectivity index is 1.33. The molecular formula is C19H17FN4O2S. The van der Waals surface area contributed by atoms with Crippen molar-refractivity contribution in [1.29, 1.82) is 0 Å². The molecular weight excluding hydrogens is 367 g/mol. The number of hydrogen-bond acceptors (Lipinski definition) is 4. The maximum Gasteiger partial charge on any atom is 0.270 e. The molecule has 27 heavy (non-hydrogen) atoms. The van der Waals surface area contributed by atoms with E-state index in [2.05, 4.69) is 15.3 Å². The van der Waals surface area contributed by atoms with Gasteiger partial charge in [0.1, 0.15) is 5.69 Å². The predicted molar refractivity (Wildman–Crippen MR) is 101 cm³/mol. The topological polar surface area (TPSA) is 78.1 Å². The Morgan fingerprint density at radius 3 is 2.89 bits per heavy atom. The monoisotopic (exact) mass is 384 g/mol. The van der Waals surface area contributed by atoms with E-state index < -0.39 is 11.6 Å². The predicted octanol–water partition coefficient (Wildman–Crippen LogP) is 3.26. The van der Waals surface area contributed by atoms with Crippen molar-refractivity contribution in [2.45, 2.75) is 31.5 Å². The third kappa shape index (κ3) is 2.90. The average molecular weight is 384 g/mol. The van der Waals surface area contributed by atoms with Crippen LogP contribution in [0, 0.1) is 0 Å². The van der Waals surface area contributed by atoms with Crippen LogP contribution in [0.3, 0.4) is 0 Å². The molecule has 1 fully saturated rings. The van der Waals surface area contributed by atoms with Crippen molar-refractivity contribution in [3.05, 3.63) is 46.6 Å². The zero-order valence-corrected chi connectivity index (χ0v) is 15.2. The standard InChI is InChI=1S/C19H17FN4O2S/c20-19(6-7-19)17(26)23-18-22-13-5-8-24(10-15(13)27-18)16(25)14-9-11-3-1-2-4-12(11)21-14/h1-4,9,21H,5-8,10H2,(H,22,23,26). The van der Waals surface area contributed by atoms with Crippen molar-refractivity contribution in [2.75, 3.05) is 11.9 Å². The minimum absolute atomic E-state index is 0.0588. The molecule has 2 amide bonds.